The molecule has 0 bridgehead atoms. The molecule has 0 aliphatic rings. The molecule has 0 atom stereocenters. The summed E-state index contributed by atoms with van der Waals surface area (Å²) >= 11 is 8.03. The minimum absolute atomic E-state index is 0.0131. The SMILES string of the molecule is Cc1cc(C(C)(C)C)nc(C(C)(C)C)c1.ClCCl.O=C(CO)c1ccccc1.O=S=O.O=S=O.OC(F)(F)F.OCc1cc(C(F)(F)F)cc(C(F)(F)F)c1. The number of benzene rings is 2. The van der Waals surface area contributed by atoms with Crippen LogP contribution in [0.5, 0.6) is 0 Å². The third-order valence-corrected chi connectivity index (χ3v) is 5.58. The lowest BCUT2D eigenvalue weighted by Crippen LogP contribution is -2.20. The quantitative estimate of drug-likeness (QED) is 0.133. The summed E-state index contributed by atoms with van der Waals surface area (Å²) in [6, 6.07) is 14.1. The Morgan fingerprint density at radius 2 is 0.982 bits per heavy atom. The van der Waals surface area contributed by atoms with Gasteiger partial charge in [-0.25, -0.2) is 0 Å². The van der Waals surface area contributed by atoms with Crippen molar-refractivity contribution in [1.29, 1.82) is 0 Å². The summed E-state index contributed by atoms with van der Waals surface area (Å²) in [7, 11) is 0. The zero-order valence-electron chi connectivity index (χ0n) is 30.2. The second-order valence-corrected chi connectivity index (χ2v) is 13.2. The highest BCUT2D eigenvalue weighted by Crippen LogP contribution is 2.36. The lowest BCUT2D eigenvalue weighted by atomic mass is 9.87. The van der Waals surface area contributed by atoms with Crippen LogP contribution < -0.4 is 0 Å². The predicted octanol–water partition coefficient (Wildman–Crippen LogP) is 8.64. The van der Waals surface area contributed by atoms with Crippen molar-refractivity contribution >= 4 is 52.1 Å². The summed E-state index contributed by atoms with van der Waals surface area (Å²) in [6.45, 7) is 14.1. The molecule has 0 radical (unpaired) electrons. The van der Waals surface area contributed by atoms with Gasteiger partial charge in [-0.05, 0) is 48.4 Å². The standard InChI is InChI=1S/C14H23N.C9H6F6O.C8H8O2.CH2Cl2.CHF3O.2O2S/c1-10-8-11(13(2,3)4)15-12(9-10)14(5,6)7;10-8(11,12)6-1-5(4-16)2-7(3-6)9(13,14)15;9-6-8(10)7-4-2-1-3-5-7;2-1-3;2-1(3,4)5;2*1-3-2/h8-9H,1-7H3;1-3,16H,4H2;1-5,9H,6H2;1H2;5H;;. The van der Waals surface area contributed by atoms with Crippen LogP contribution >= 0.6 is 23.2 Å². The molecule has 0 spiro atoms. The molecule has 9 nitrogen and oxygen atoms in total. The predicted molar refractivity (Wildman–Crippen MR) is 189 cm³/mol. The number of aliphatic hydroxyl groups is 3. The smallest absolute Gasteiger partial charge is 0.392 e. The number of aromatic nitrogens is 1. The minimum Gasteiger partial charge on any atom is -0.392 e. The molecule has 0 amide bonds. The fraction of sp³-hybridized carbons (Fsp3) is 0.455. The molecule has 1 heterocycles. The number of carbonyl (C=O) groups is 1. The van der Waals surface area contributed by atoms with E-state index in [4.69, 9.17) is 60.3 Å². The van der Waals surface area contributed by atoms with Crippen LogP contribution in [0.1, 0.15) is 85.5 Å². The average molecular weight is 885 g/mol. The number of Topliss-reactive ketones (excluding diaryl/α,β-unsaturated/α-hetero) is 1. The van der Waals surface area contributed by atoms with Gasteiger partial charge in [-0.2, -0.15) is 43.2 Å². The number of nitrogens with zero attached hydrogens (tertiary/aromatic N) is 1. The van der Waals surface area contributed by atoms with Crippen molar-refractivity contribution in [2.75, 3.05) is 11.9 Å². The van der Waals surface area contributed by atoms with E-state index in [1.807, 2.05) is 6.07 Å². The van der Waals surface area contributed by atoms with E-state index < -0.39 is 71.8 Å². The Bertz CT molecular complexity index is 1520. The van der Waals surface area contributed by atoms with Crippen molar-refractivity contribution in [3.63, 3.8) is 0 Å². The summed E-state index contributed by atoms with van der Waals surface area (Å²) in [6.07, 6.45) is -14.7. The van der Waals surface area contributed by atoms with E-state index in [1.165, 1.54) is 17.0 Å². The lowest BCUT2D eigenvalue weighted by molar-refractivity contribution is -0.295. The van der Waals surface area contributed by atoms with E-state index in [0.717, 1.165) is 0 Å². The molecule has 3 aromatic rings. The Balaban J connectivity index is -0.000000307. The molecule has 2 aromatic carbocycles. The van der Waals surface area contributed by atoms with Gasteiger partial charge in [0.1, 0.15) is 6.61 Å². The van der Waals surface area contributed by atoms with Crippen LogP contribution in [0.4, 0.5) is 39.5 Å². The first-order valence-electron chi connectivity index (χ1n) is 14.7. The molecule has 0 saturated heterocycles. The van der Waals surface area contributed by atoms with E-state index in [-0.39, 0.29) is 28.0 Å². The Morgan fingerprint density at radius 1 is 0.673 bits per heavy atom. The largest absolute Gasteiger partial charge is 0.519 e. The Labute approximate surface area is 329 Å². The number of hydrogen-bond donors (Lipinski definition) is 3. The fourth-order valence-electron chi connectivity index (χ4n) is 3.26. The molecule has 0 aliphatic heterocycles. The number of pyridine rings is 1. The highest BCUT2D eigenvalue weighted by atomic mass is 35.5. The molecule has 1 aromatic heterocycles. The molecule has 3 N–H and O–H groups in total. The highest BCUT2D eigenvalue weighted by Gasteiger charge is 2.36. The fourth-order valence-corrected chi connectivity index (χ4v) is 3.26. The van der Waals surface area contributed by atoms with Gasteiger partial charge in [-0.15, -0.1) is 36.4 Å². The molecule has 0 saturated carbocycles. The van der Waals surface area contributed by atoms with Crippen molar-refractivity contribution in [1.82, 2.24) is 4.98 Å². The molecule has 3 rings (SSSR count). The van der Waals surface area contributed by atoms with E-state index in [2.05, 4.69) is 60.6 Å². The number of alkyl halides is 11. The van der Waals surface area contributed by atoms with Gasteiger partial charge >= 0.3 is 41.9 Å². The van der Waals surface area contributed by atoms with Gasteiger partial charge in [0.25, 0.3) is 0 Å². The zero-order chi connectivity index (χ0) is 44.4. The summed E-state index contributed by atoms with van der Waals surface area (Å²) in [5.74, 6) is -0.236. The lowest BCUT2D eigenvalue weighted by Gasteiger charge is -2.24. The minimum atomic E-state index is -5.00. The second-order valence-electron chi connectivity index (χ2n) is 12.1. The van der Waals surface area contributed by atoms with Crippen LogP contribution in [0, 0.1) is 6.92 Å². The first-order valence-corrected chi connectivity index (χ1v) is 17.1. The van der Waals surface area contributed by atoms with Crippen molar-refractivity contribution < 1.29 is 76.5 Å². The second kappa shape index (κ2) is 28.2. The van der Waals surface area contributed by atoms with E-state index >= 15 is 0 Å². The first kappa shape index (κ1) is 58.4. The zero-order valence-corrected chi connectivity index (χ0v) is 33.3. The summed E-state index contributed by atoms with van der Waals surface area (Å²) < 4.78 is 136. The summed E-state index contributed by atoms with van der Waals surface area (Å²) in [5, 5.41) is 23.7. The number of halogens is 11. The van der Waals surface area contributed by atoms with E-state index in [9.17, 15) is 44.3 Å². The molecule has 0 unspecified atom stereocenters. The first-order chi connectivity index (χ1) is 24.8. The van der Waals surface area contributed by atoms with Crippen LogP contribution in [0.2, 0.25) is 0 Å². The van der Waals surface area contributed by atoms with Crippen molar-refractivity contribution in [2.45, 2.75) is 84.6 Å². The molecule has 55 heavy (non-hydrogen) atoms. The highest BCUT2D eigenvalue weighted by molar-refractivity contribution is 7.51. The van der Waals surface area contributed by atoms with Crippen molar-refractivity contribution in [3.8, 4) is 0 Å². The Kier molecular flexibility index (Phi) is 29.9. The summed E-state index contributed by atoms with van der Waals surface area (Å²) in [5.41, 5.74) is 1.22. The van der Waals surface area contributed by atoms with Crippen LogP contribution in [0.3, 0.4) is 0 Å². The third-order valence-electron chi connectivity index (χ3n) is 5.58. The maximum absolute atomic E-state index is 12.2. The molecular weight excluding hydrogens is 844 g/mol. The number of ketones is 1. The van der Waals surface area contributed by atoms with Crippen LogP contribution in [0.25, 0.3) is 0 Å². The molecule has 22 heteroatoms. The topological polar surface area (TPSA) is 159 Å². The molecule has 314 valence electrons. The van der Waals surface area contributed by atoms with Gasteiger partial charge in [0.2, 0.25) is 0 Å². The van der Waals surface area contributed by atoms with Gasteiger partial charge in [0.05, 0.1) is 23.1 Å². The number of aryl methyl sites for hydroxylation is 1. The number of aliphatic hydroxyl groups excluding tert-OH is 2. The number of carbonyl (C=O) groups excluding carboxylic acids is 1. The molecular formula is C33H40Cl2F9NO8S2. The van der Waals surface area contributed by atoms with Gasteiger partial charge < -0.3 is 15.3 Å². The summed E-state index contributed by atoms with van der Waals surface area (Å²) in [4.78, 5) is 15.5. The van der Waals surface area contributed by atoms with Gasteiger partial charge in [-0.1, -0.05) is 71.9 Å². The van der Waals surface area contributed by atoms with Gasteiger partial charge in [-0.3, -0.25) is 9.78 Å². The van der Waals surface area contributed by atoms with Crippen molar-refractivity contribution in [2.24, 2.45) is 0 Å². The monoisotopic (exact) mass is 883 g/mol. The van der Waals surface area contributed by atoms with Crippen LogP contribution in [-0.2, 0) is 52.9 Å². The van der Waals surface area contributed by atoms with Crippen LogP contribution in [-0.4, -0.2) is 61.2 Å². The number of hydrogen-bond acceptors (Lipinski definition) is 9. The van der Waals surface area contributed by atoms with Crippen LogP contribution in [0.15, 0.2) is 60.7 Å². The Hall–Kier alpha value is -3.27. The normalized spacial score (nSPS) is 10.9. The molecule has 0 fully saturated rings. The average Bonchev–Trinajstić information content (AvgIpc) is 3.03. The van der Waals surface area contributed by atoms with E-state index in [1.54, 1.807) is 24.3 Å². The third kappa shape index (κ3) is 32.7. The maximum Gasteiger partial charge on any atom is 0.519 e. The van der Waals surface area contributed by atoms with E-state index in [0.29, 0.717) is 17.7 Å². The van der Waals surface area contributed by atoms with Crippen molar-refractivity contribution in [3.05, 3.63) is 99.9 Å². The maximum atomic E-state index is 12.2. The van der Waals surface area contributed by atoms with Gasteiger partial charge in [0, 0.05) is 27.8 Å². The molecule has 0 aliphatic carbocycles. The number of rotatable bonds is 3. The Morgan fingerprint density at radius 3 is 1.22 bits per heavy atom. The van der Waals surface area contributed by atoms with Gasteiger partial charge in [0.15, 0.2) is 5.78 Å².